The molecule has 24 heavy (non-hydrogen) atoms. The van der Waals surface area contributed by atoms with Gasteiger partial charge in [-0.1, -0.05) is 36.0 Å². The first-order valence-corrected chi connectivity index (χ1v) is 8.20. The van der Waals surface area contributed by atoms with E-state index in [1.165, 1.54) is 18.9 Å². The minimum absolute atomic E-state index is 0.176. The monoisotopic (exact) mass is 341 g/mol. The minimum atomic E-state index is -0.490. The van der Waals surface area contributed by atoms with E-state index in [0.29, 0.717) is 16.4 Å². The second-order valence-corrected chi connectivity index (χ2v) is 5.90. The van der Waals surface area contributed by atoms with E-state index < -0.39 is 5.97 Å². The molecular weight excluding hydrogens is 326 g/mol. The lowest BCUT2D eigenvalue weighted by molar-refractivity contribution is -0.113. The van der Waals surface area contributed by atoms with Gasteiger partial charge in [0.25, 0.3) is 0 Å². The molecule has 122 valence electrons. The maximum Gasteiger partial charge on any atom is 0.339 e. The number of rotatable bonds is 5. The summed E-state index contributed by atoms with van der Waals surface area (Å²) in [5.41, 5.74) is 2.54. The number of fused-ring (bicyclic) bond motifs is 1. The molecule has 0 aliphatic carbocycles. The summed E-state index contributed by atoms with van der Waals surface area (Å²) in [6.07, 6.45) is 0. The number of para-hydroxylation sites is 3. The molecule has 0 spiro atoms. The fraction of sp³-hybridized carbons (Fsp3) is 0.118. The summed E-state index contributed by atoms with van der Waals surface area (Å²) < 4.78 is 4.71. The number of ether oxygens (including phenoxy) is 1. The normalized spacial score (nSPS) is 10.5. The van der Waals surface area contributed by atoms with E-state index in [-0.39, 0.29) is 11.7 Å². The first-order valence-electron chi connectivity index (χ1n) is 7.22. The van der Waals surface area contributed by atoms with E-state index in [1.807, 2.05) is 24.3 Å². The molecule has 2 aromatic carbocycles. The molecular formula is C17H15N3O3S. The molecule has 3 aromatic rings. The second-order valence-electron chi connectivity index (χ2n) is 4.93. The van der Waals surface area contributed by atoms with Gasteiger partial charge in [-0.2, -0.15) is 0 Å². The third-order valence-electron chi connectivity index (χ3n) is 3.31. The summed E-state index contributed by atoms with van der Waals surface area (Å²) in [5, 5.41) is 3.40. The molecule has 0 aliphatic rings. The van der Waals surface area contributed by atoms with Crippen molar-refractivity contribution >= 4 is 40.4 Å². The zero-order valence-electron chi connectivity index (χ0n) is 12.9. The number of nitrogens with one attached hydrogen (secondary N) is 2. The molecule has 3 rings (SSSR count). The van der Waals surface area contributed by atoms with Gasteiger partial charge in [-0.15, -0.1) is 0 Å². The van der Waals surface area contributed by atoms with Crippen molar-refractivity contribution in [2.45, 2.75) is 5.16 Å². The number of amides is 1. The summed E-state index contributed by atoms with van der Waals surface area (Å²) in [7, 11) is 1.30. The highest BCUT2D eigenvalue weighted by Gasteiger charge is 2.14. The van der Waals surface area contributed by atoms with E-state index >= 15 is 0 Å². The Balaban J connectivity index is 1.65. The molecule has 0 unspecified atom stereocenters. The number of hydrogen-bond donors (Lipinski definition) is 2. The predicted octanol–water partition coefficient (Wildman–Crippen LogP) is 3.08. The van der Waals surface area contributed by atoms with Crippen LogP contribution in [0.15, 0.2) is 53.7 Å². The van der Waals surface area contributed by atoms with Gasteiger partial charge in [0.2, 0.25) is 5.91 Å². The van der Waals surface area contributed by atoms with Crippen molar-refractivity contribution in [2.24, 2.45) is 0 Å². The molecule has 0 fully saturated rings. The van der Waals surface area contributed by atoms with Crippen molar-refractivity contribution < 1.29 is 14.3 Å². The molecule has 7 heteroatoms. The summed E-state index contributed by atoms with van der Waals surface area (Å²) in [5.74, 6) is -0.539. The third kappa shape index (κ3) is 3.57. The molecule has 0 saturated heterocycles. The number of imidazole rings is 1. The predicted molar refractivity (Wildman–Crippen MR) is 93.2 cm³/mol. The van der Waals surface area contributed by atoms with Gasteiger partial charge in [0.1, 0.15) is 0 Å². The molecule has 6 nitrogen and oxygen atoms in total. The molecule has 0 radical (unpaired) electrons. The van der Waals surface area contributed by atoms with E-state index in [9.17, 15) is 9.59 Å². The van der Waals surface area contributed by atoms with Gasteiger partial charge in [0.15, 0.2) is 5.16 Å². The van der Waals surface area contributed by atoms with Crippen LogP contribution in [0.3, 0.4) is 0 Å². The van der Waals surface area contributed by atoms with Gasteiger partial charge in [0.05, 0.1) is 35.1 Å². The van der Waals surface area contributed by atoms with Gasteiger partial charge < -0.3 is 15.0 Å². The Hall–Kier alpha value is -2.80. The van der Waals surface area contributed by atoms with Crippen molar-refractivity contribution in [3.05, 3.63) is 54.1 Å². The number of nitrogens with zero attached hydrogens (tertiary/aromatic N) is 1. The molecule has 1 aromatic heterocycles. The van der Waals surface area contributed by atoms with Crippen LogP contribution in [0.5, 0.6) is 0 Å². The average Bonchev–Trinajstić information content (AvgIpc) is 3.03. The molecule has 2 N–H and O–H groups in total. The SMILES string of the molecule is COC(=O)c1ccccc1NC(=O)CSc1nc2ccccc2[nH]1. The maximum absolute atomic E-state index is 12.1. The molecule has 0 bridgehead atoms. The number of methoxy groups -OCH3 is 1. The standard InChI is InChI=1S/C17H15N3O3S/c1-23-16(22)11-6-2-3-7-12(11)18-15(21)10-24-17-19-13-8-4-5-9-14(13)20-17/h2-9H,10H2,1H3,(H,18,21)(H,19,20). The molecule has 1 amide bonds. The quantitative estimate of drug-likeness (QED) is 0.550. The zero-order valence-corrected chi connectivity index (χ0v) is 13.7. The van der Waals surface area contributed by atoms with Crippen molar-refractivity contribution in [3.8, 4) is 0 Å². The number of esters is 1. The van der Waals surface area contributed by atoms with Crippen LogP contribution in [0.2, 0.25) is 0 Å². The number of aromatic nitrogens is 2. The van der Waals surface area contributed by atoms with Crippen LogP contribution in [0.1, 0.15) is 10.4 Å². The number of hydrogen-bond acceptors (Lipinski definition) is 5. The van der Waals surface area contributed by atoms with E-state index in [4.69, 9.17) is 4.74 Å². The number of aromatic amines is 1. The summed E-state index contributed by atoms with van der Waals surface area (Å²) in [6, 6.07) is 14.4. The number of anilines is 1. The Morgan fingerprint density at radius 3 is 2.71 bits per heavy atom. The first-order chi connectivity index (χ1) is 11.7. The highest BCUT2D eigenvalue weighted by molar-refractivity contribution is 7.99. The number of carbonyl (C=O) groups is 2. The van der Waals surface area contributed by atoms with Crippen LogP contribution in [-0.4, -0.2) is 34.7 Å². The number of carbonyl (C=O) groups excluding carboxylic acids is 2. The van der Waals surface area contributed by atoms with Crippen LogP contribution in [0.25, 0.3) is 11.0 Å². The highest BCUT2D eigenvalue weighted by Crippen LogP contribution is 2.20. The molecule has 0 saturated carbocycles. The fourth-order valence-corrected chi connectivity index (χ4v) is 2.88. The van der Waals surface area contributed by atoms with Gasteiger partial charge >= 0.3 is 5.97 Å². The average molecular weight is 341 g/mol. The van der Waals surface area contributed by atoms with Crippen LogP contribution >= 0.6 is 11.8 Å². The van der Waals surface area contributed by atoms with Crippen molar-refractivity contribution in [1.29, 1.82) is 0 Å². The highest BCUT2D eigenvalue weighted by atomic mass is 32.2. The smallest absolute Gasteiger partial charge is 0.339 e. The Kier molecular flexibility index (Phi) is 4.81. The van der Waals surface area contributed by atoms with Crippen molar-refractivity contribution in [1.82, 2.24) is 9.97 Å². The fourth-order valence-electron chi connectivity index (χ4n) is 2.20. The Labute approximate surface area is 142 Å². The first kappa shape index (κ1) is 16.1. The van der Waals surface area contributed by atoms with Gasteiger partial charge in [0, 0.05) is 0 Å². The lowest BCUT2D eigenvalue weighted by atomic mass is 10.2. The lowest BCUT2D eigenvalue weighted by Gasteiger charge is -2.08. The molecule has 1 heterocycles. The van der Waals surface area contributed by atoms with E-state index in [0.717, 1.165) is 11.0 Å². The number of H-pyrrole nitrogens is 1. The van der Waals surface area contributed by atoms with Crippen molar-refractivity contribution in [3.63, 3.8) is 0 Å². The maximum atomic E-state index is 12.1. The largest absolute Gasteiger partial charge is 0.465 e. The topological polar surface area (TPSA) is 84.1 Å². The molecule has 0 atom stereocenters. The van der Waals surface area contributed by atoms with Gasteiger partial charge in [-0.25, -0.2) is 9.78 Å². The summed E-state index contributed by atoms with van der Waals surface area (Å²) in [6.45, 7) is 0. The van der Waals surface area contributed by atoms with E-state index in [1.54, 1.807) is 24.3 Å². The Bertz CT molecular complexity index is 858. The van der Waals surface area contributed by atoms with Crippen LogP contribution < -0.4 is 5.32 Å². The zero-order chi connectivity index (χ0) is 16.9. The number of thioether (sulfide) groups is 1. The van der Waals surface area contributed by atoms with Crippen LogP contribution in [-0.2, 0) is 9.53 Å². The van der Waals surface area contributed by atoms with Crippen LogP contribution in [0.4, 0.5) is 5.69 Å². The molecule has 0 aliphatic heterocycles. The number of benzene rings is 2. The van der Waals surface area contributed by atoms with E-state index in [2.05, 4.69) is 15.3 Å². The van der Waals surface area contributed by atoms with Crippen molar-refractivity contribution in [2.75, 3.05) is 18.2 Å². The van der Waals surface area contributed by atoms with Crippen LogP contribution in [0, 0.1) is 0 Å². The van der Waals surface area contributed by atoms with Gasteiger partial charge in [-0.3, -0.25) is 4.79 Å². The minimum Gasteiger partial charge on any atom is -0.465 e. The Morgan fingerprint density at radius 1 is 1.17 bits per heavy atom. The third-order valence-corrected chi connectivity index (χ3v) is 4.19. The second kappa shape index (κ2) is 7.18. The lowest BCUT2D eigenvalue weighted by Crippen LogP contribution is -2.17. The van der Waals surface area contributed by atoms with Gasteiger partial charge in [-0.05, 0) is 24.3 Å². The summed E-state index contributed by atoms with van der Waals surface area (Å²) >= 11 is 1.30. The summed E-state index contributed by atoms with van der Waals surface area (Å²) in [4.78, 5) is 31.4. The Morgan fingerprint density at radius 2 is 1.92 bits per heavy atom.